The van der Waals surface area contributed by atoms with Gasteiger partial charge in [0.1, 0.15) is 5.82 Å². The predicted molar refractivity (Wildman–Crippen MR) is 98.0 cm³/mol. The van der Waals surface area contributed by atoms with Gasteiger partial charge in [0.05, 0.1) is 11.6 Å². The Labute approximate surface area is 149 Å². The molecule has 0 unspecified atom stereocenters. The van der Waals surface area contributed by atoms with Crippen LogP contribution in [0.4, 0.5) is 4.39 Å². The molecular weight excluding hydrogens is 317 g/mol. The molecule has 0 heterocycles. The fraction of sp³-hybridized carbons (Fsp3) is 0.381. The van der Waals surface area contributed by atoms with Gasteiger partial charge in [0.2, 0.25) is 0 Å². The first-order chi connectivity index (χ1) is 11.7. The summed E-state index contributed by atoms with van der Waals surface area (Å²) in [5, 5.41) is 9.80. The summed E-state index contributed by atoms with van der Waals surface area (Å²) in [6.45, 7) is 5.50. The van der Waals surface area contributed by atoms with Crippen LogP contribution in [0.2, 0.25) is 0 Å². The molecule has 2 aromatic rings. The number of carbonyl (C=O) groups is 1. The molecule has 0 saturated heterocycles. The minimum Gasteiger partial charge on any atom is -0.390 e. The number of aryl methyl sites for hydroxylation is 1. The second-order valence-corrected chi connectivity index (χ2v) is 7.15. The highest BCUT2D eigenvalue weighted by Crippen LogP contribution is 2.21. The van der Waals surface area contributed by atoms with Crippen molar-refractivity contribution in [3.05, 3.63) is 71.0 Å². The molecule has 1 amide bonds. The molecule has 3 nitrogen and oxygen atoms in total. The highest BCUT2D eigenvalue weighted by molar-refractivity contribution is 5.94. The Morgan fingerprint density at radius 2 is 1.68 bits per heavy atom. The molecular formula is C21H26FNO2. The van der Waals surface area contributed by atoms with Crippen molar-refractivity contribution in [1.29, 1.82) is 0 Å². The van der Waals surface area contributed by atoms with Crippen LogP contribution in [0.25, 0.3) is 0 Å². The Hall–Kier alpha value is -2.20. The van der Waals surface area contributed by atoms with Crippen molar-refractivity contribution in [3.63, 3.8) is 0 Å². The minimum absolute atomic E-state index is 0.0779. The van der Waals surface area contributed by atoms with Gasteiger partial charge in [-0.2, -0.15) is 0 Å². The third-order valence-corrected chi connectivity index (χ3v) is 4.48. The molecule has 0 spiro atoms. The average molecular weight is 343 g/mol. The maximum atomic E-state index is 13.1. The lowest BCUT2D eigenvalue weighted by atomic mass is 9.98. The van der Waals surface area contributed by atoms with Gasteiger partial charge in [-0.15, -0.1) is 0 Å². The molecule has 1 atom stereocenters. The molecule has 0 aromatic heterocycles. The molecule has 0 bridgehead atoms. The molecule has 0 aliphatic carbocycles. The summed E-state index contributed by atoms with van der Waals surface area (Å²) in [7, 11) is 1.75. The van der Waals surface area contributed by atoms with E-state index in [1.165, 1.54) is 12.1 Å². The van der Waals surface area contributed by atoms with Crippen LogP contribution in [0.5, 0.6) is 0 Å². The van der Waals surface area contributed by atoms with E-state index in [1.807, 2.05) is 31.2 Å². The van der Waals surface area contributed by atoms with Crippen molar-refractivity contribution in [2.45, 2.75) is 45.3 Å². The fourth-order valence-corrected chi connectivity index (χ4v) is 2.61. The standard InChI is InChI=1S/C21H26FNO2/c1-15(17-9-11-19(22)12-10-17)23(4)20(24)18-7-5-16(6-8-18)13-14-21(2,3)25/h5-12,15,25H,13-14H2,1-4H3/t15-/m0/s1. The number of amides is 1. The van der Waals surface area contributed by atoms with Gasteiger partial charge >= 0.3 is 0 Å². The van der Waals surface area contributed by atoms with Gasteiger partial charge in [-0.05, 0) is 69.0 Å². The summed E-state index contributed by atoms with van der Waals surface area (Å²) >= 11 is 0. The summed E-state index contributed by atoms with van der Waals surface area (Å²) in [6, 6.07) is 13.5. The molecule has 4 heteroatoms. The minimum atomic E-state index is -0.695. The van der Waals surface area contributed by atoms with E-state index in [0.29, 0.717) is 12.0 Å². The van der Waals surface area contributed by atoms with Gasteiger partial charge in [0.25, 0.3) is 5.91 Å². The molecule has 25 heavy (non-hydrogen) atoms. The zero-order chi connectivity index (χ0) is 18.6. The SMILES string of the molecule is C[C@@H](c1ccc(F)cc1)N(C)C(=O)c1ccc(CCC(C)(C)O)cc1. The van der Waals surface area contributed by atoms with E-state index in [1.54, 1.807) is 37.9 Å². The molecule has 0 aliphatic heterocycles. The second-order valence-electron chi connectivity index (χ2n) is 7.15. The van der Waals surface area contributed by atoms with Crippen molar-refractivity contribution in [3.8, 4) is 0 Å². The lowest BCUT2D eigenvalue weighted by Crippen LogP contribution is -2.29. The number of hydrogen-bond acceptors (Lipinski definition) is 2. The normalized spacial score (nSPS) is 12.7. The number of halogens is 1. The van der Waals surface area contributed by atoms with E-state index in [9.17, 15) is 14.3 Å². The van der Waals surface area contributed by atoms with Gasteiger partial charge in [-0.25, -0.2) is 4.39 Å². The summed E-state index contributed by atoms with van der Waals surface area (Å²) in [5.74, 6) is -0.363. The van der Waals surface area contributed by atoms with Crippen LogP contribution in [0, 0.1) is 5.82 Å². The molecule has 2 rings (SSSR count). The number of carbonyl (C=O) groups excluding carboxylic acids is 1. The Bertz CT molecular complexity index is 702. The number of nitrogens with zero attached hydrogens (tertiary/aromatic N) is 1. The quantitative estimate of drug-likeness (QED) is 0.846. The monoisotopic (exact) mass is 343 g/mol. The smallest absolute Gasteiger partial charge is 0.254 e. The predicted octanol–water partition coefficient (Wildman–Crippen LogP) is 4.36. The second kappa shape index (κ2) is 7.79. The number of rotatable bonds is 6. The fourth-order valence-electron chi connectivity index (χ4n) is 2.61. The van der Waals surface area contributed by atoms with Crippen molar-refractivity contribution >= 4 is 5.91 Å². The van der Waals surface area contributed by atoms with E-state index < -0.39 is 5.60 Å². The van der Waals surface area contributed by atoms with E-state index in [2.05, 4.69) is 0 Å². The summed E-state index contributed by atoms with van der Waals surface area (Å²) < 4.78 is 13.1. The molecule has 134 valence electrons. The third-order valence-electron chi connectivity index (χ3n) is 4.48. The van der Waals surface area contributed by atoms with Gasteiger partial charge in [0, 0.05) is 12.6 Å². The lowest BCUT2D eigenvalue weighted by Gasteiger charge is -2.25. The molecule has 1 N–H and O–H groups in total. The van der Waals surface area contributed by atoms with Crippen LogP contribution in [-0.4, -0.2) is 28.6 Å². The molecule has 0 fully saturated rings. The first-order valence-electron chi connectivity index (χ1n) is 8.51. The Morgan fingerprint density at radius 1 is 1.12 bits per heavy atom. The zero-order valence-electron chi connectivity index (χ0n) is 15.3. The van der Waals surface area contributed by atoms with Crippen molar-refractivity contribution < 1.29 is 14.3 Å². The Kier molecular flexibility index (Phi) is 5.96. The van der Waals surface area contributed by atoms with Gasteiger partial charge in [-0.1, -0.05) is 24.3 Å². The first-order valence-corrected chi connectivity index (χ1v) is 8.51. The Balaban J connectivity index is 2.05. The van der Waals surface area contributed by atoms with E-state index in [4.69, 9.17) is 0 Å². The number of benzene rings is 2. The van der Waals surface area contributed by atoms with Gasteiger partial charge < -0.3 is 10.0 Å². The first kappa shape index (κ1) is 19.1. The highest BCUT2D eigenvalue weighted by atomic mass is 19.1. The summed E-state index contributed by atoms with van der Waals surface area (Å²) in [6.07, 6.45) is 1.43. The van der Waals surface area contributed by atoms with Gasteiger partial charge in [0.15, 0.2) is 0 Å². The lowest BCUT2D eigenvalue weighted by molar-refractivity contribution is 0.0711. The summed E-state index contributed by atoms with van der Waals surface area (Å²) in [4.78, 5) is 14.3. The van der Waals surface area contributed by atoms with Crippen molar-refractivity contribution in [2.24, 2.45) is 0 Å². The number of hydrogen-bond donors (Lipinski definition) is 1. The Morgan fingerprint density at radius 3 is 2.20 bits per heavy atom. The van der Waals surface area contributed by atoms with Crippen molar-refractivity contribution in [2.75, 3.05) is 7.05 Å². The molecule has 0 aliphatic rings. The zero-order valence-corrected chi connectivity index (χ0v) is 15.3. The van der Waals surface area contributed by atoms with Crippen LogP contribution < -0.4 is 0 Å². The topological polar surface area (TPSA) is 40.5 Å². The van der Waals surface area contributed by atoms with Crippen LogP contribution >= 0.6 is 0 Å². The number of aliphatic hydroxyl groups is 1. The van der Waals surface area contributed by atoms with Crippen LogP contribution in [0.1, 0.15) is 54.7 Å². The van der Waals surface area contributed by atoms with Gasteiger partial charge in [-0.3, -0.25) is 4.79 Å². The largest absolute Gasteiger partial charge is 0.390 e. The third kappa shape index (κ3) is 5.40. The molecule has 2 aromatic carbocycles. The van der Waals surface area contributed by atoms with Crippen LogP contribution in [-0.2, 0) is 6.42 Å². The van der Waals surface area contributed by atoms with Crippen molar-refractivity contribution in [1.82, 2.24) is 4.90 Å². The highest BCUT2D eigenvalue weighted by Gasteiger charge is 2.19. The molecule has 0 saturated carbocycles. The maximum absolute atomic E-state index is 13.1. The van der Waals surface area contributed by atoms with Crippen LogP contribution in [0.3, 0.4) is 0 Å². The van der Waals surface area contributed by atoms with E-state index in [-0.39, 0.29) is 17.8 Å². The van der Waals surface area contributed by atoms with Crippen LogP contribution in [0.15, 0.2) is 48.5 Å². The van der Waals surface area contributed by atoms with E-state index >= 15 is 0 Å². The maximum Gasteiger partial charge on any atom is 0.254 e. The summed E-state index contributed by atoms with van der Waals surface area (Å²) in [5.41, 5.74) is 1.90. The molecule has 0 radical (unpaired) electrons. The van der Waals surface area contributed by atoms with E-state index in [0.717, 1.165) is 17.5 Å². The average Bonchev–Trinajstić information content (AvgIpc) is 2.58.